The Labute approximate surface area is 113 Å². The predicted octanol–water partition coefficient (Wildman–Crippen LogP) is 1.78. The SMILES string of the molecule is CS(=O)(=O)CCC(NN)c1cc(C(F)(F)F)ccc1F. The van der Waals surface area contributed by atoms with E-state index < -0.39 is 33.4 Å². The maximum absolute atomic E-state index is 13.6. The molecule has 0 fully saturated rings. The summed E-state index contributed by atoms with van der Waals surface area (Å²) >= 11 is 0. The average molecular weight is 314 g/mol. The summed E-state index contributed by atoms with van der Waals surface area (Å²) in [4.78, 5) is 0. The van der Waals surface area contributed by atoms with E-state index in [9.17, 15) is 26.0 Å². The molecule has 0 aromatic heterocycles. The molecule has 0 radical (unpaired) electrons. The molecule has 0 aliphatic heterocycles. The van der Waals surface area contributed by atoms with Crippen LogP contribution in [0.1, 0.15) is 23.6 Å². The molecule has 0 bridgehead atoms. The summed E-state index contributed by atoms with van der Waals surface area (Å²) in [7, 11) is -3.33. The van der Waals surface area contributed by atoms with Crippen molar-refractivity contribution in [3.8, 4) is 0 Å². The van der Waals surface area contributed by atoms with Crippen LogP contribution >= 0.6 is 0 Å². The molecule has 0 spiro atoms. The van der Waals surface area contributed by atoms with Gasteiger partial charge in [-0.2, -0.15) is 13.2 Å². The molecule has 1 atom stereocenters. The summed E-state index contributed by atoms with van der Waals surface area (Å²) < 4.78 is 73.4. The van der Waals surface area contributed by atoms with Crippen molar-refractivity contribution < 1.29 is 26.0 Å². The zero-order valence-electron chi connectivity index (χ0n) is 10.5. The molecule has 0 aliphatic carbocycles. The quantitative estimate of drug-likeness (QED) is 0.494. The van der Waals surface area contributed by atoms with Gasteiger partial charge in [0.2, 0.25) is 0 Å². The number of hydrogen-bond acceptors (Lipinski definition) is 4. The summed E-state index contributed by atoms with van der Waals surface area (Å²) in [5.74, 6) is 3.97. The highest BCUT2D eigenvalue weighted by molar-refractivity contribution is 7.90. The number of nitrogens with one attached hydrogen (secondary N) is 1. The molecule has 20 heavy (non-hydrogen) atoms. The van der Waals surface area contributed by atoms with E-state index in [0.717, 1.165) is 6.26 Å². The van der Waals surface area contributed by atoms with E-state index in [2.05, 4.69) is 5.43 Å². The topological polar surface area (TPSA) is 72.2 Å². The van der Waals surface area contributed by atoms with Gasteiger partial charge in [-0.15, -0.1) is 0 Å². The summed E-state index contributed by atoms with van der Waals surface area (Å²) in [5.41, 5.74) is 0.805. The number of halogens is 4. The Morgan fingerprint density at radius 1 is 1.35 bits per heavy atom. The molecule has 1 aromatic rings. The average Bonchev–Trinajstić information content (AvgIpc) is 2.29. The highest BCUT2D eigenvalue weighted by Gasteiger charge is 2.32. The third kappa shape index (κ3) is 4.73. The first-order valence-corrected chi connectivity index (χ1v) is 7.61. The van der Waals surface area contributed by atoms with Gasteiger partial charge in [0, 0.05) is 17.9 Å². The fourth-order valence-corrected chi connectivity index (χ4v) is 2.31. The van der Waals surface area contributed by atoms with Crippen LogP contribution in [-0.4, -0.2) is 20.4 Å². The van der Waals surface area contributed by atoms with E-state index in [-0.39, 0.29) is 17.7 Å². The van der Waals surface area contributed by atoms with Crippen LogP contribution in [0.25, 0.3) is 0 Å². The first-order valence-electron chi connectivity index (χ1n) is 5.55. The second kappa shape index (κ2) is 6.06. The summed E-state index contributed by atoms with van der Waals surface area (Å²) in [6.07, 6.45) is -3.77. The summed E-state index contributed by atoms with van der Waals surface area (Å²) in [6.45, 7) is 0. The molecule has 1 unspecified atom stereocenters. The fraction of sp³-hybridized carbons (Fsp3) is 0.455. The van der Waals surface area contributed by atoms with Crippen molar-refractivity contribution in [2.24, 2.45) is 5.84 Å². The number of nitrogens with two attached hydrogens (primary N) is 1. The van der Waals surface area contributed by atoms with Crippen LogP contribution in [0.2, 0.25) is 0 Å². The lowest BCUT2D eigenvalue weighted by Crippen LogP contribution is -2.30. The van der Waals surface area contributed by atoms with Gasteiger partial charge in [-0.05, 0) is 24.6 Å². The molecular formula is C11H14F4N2O2S. The van der Waals surface area contributed by atoms with E-state index in [0.29, 0.717) is 18.2 Å². The van der Waals surface area contributed by atoms with Gasteiger partial charge in [0.05, 0.1) is 11.3 Å². The monoisotopic (exact) mass is 314 g/mol. The Balaban J connectivity index is 3.08. The van der Waals surface area contributed by atoms with Crippen molar-refractivity contribution >= 4 is 9.84 Å². The molecule has 0 aliphatic rings. The van der Waals surface area contributed by atoms with Crippen molar-refractivity contribution in [3.63, 3.8) is 0 Å². The molecular weight excluding hydrogens is 300 g/mol. The van der Waals surface area contributed by atoms with Crippen LogP contribution in [0.15, 0.2) is 18.2 Å². The van der Waals surface area contributed by atoms with E-state index in [1.54, 1.807) is 0 Å². The summed E-state index contributed by atoms with van der Waals surface area (Å²) in [6, 6.07) is 0.903. The smallest absolute Gasteiger partial charge is 0.271 e. The van der Waals surface area contributed by atoms with Gasteiger partial charge >= 0.3 is 6.18 Å². The fourth-order valence-electron chi connectivity index (χ4n) is 1.65. The molecule has 9 heteroatoms. The maximum atomic E-state index is 13.6. The standard InChI is InChI=1S/C11H14F4N2O2S/c1-20(18,19)5-4-10(17-16)8-6-7(11(13,14)15)2-3-9(8)12/h2-3,6,10,17H,4-5,16H2,1H3. The molecule has 0 heterocycles. The van der Waals surface area contributed by atoms with Crippen LogP contribution in [0, 0.1) is 5.82 Å². The molecule has 1 aromatic carbocycles. The normalized spacial score (nSPS) is 14.3. The van der Waals surface area contributed by atoms with Gasteiger partial charge in [0.25, 0.3) is 0 Å². The van der Waals surface area contributed by atoms with Gasteiger partial charge in [0.15, 0.2) is 0 Å². The van der Waals surface area contributed by atoms with Crippen LogP contribution in [0.3, 0.4) is 0 Å². The van der Waals surface area contributed by atoms with Crippen LogP contribution < -0.4 is 11.3 Å². The Morgan fingerprint density at radius 2 is 1.95 bits per heavy atom. The Morgan fingerprint density at radius 3 is 2.40 bits per heavy atom. The van der Waals surface area contributed by atoms with Crippen LogP contribution in [-0.2, 0) is 16.0 Å². The molecule has 3 N–H and O–H groups in total. The molecule has 114 valence electrons. The third-order valence-corrected chi connectivity index (χ3v) is 3.65. The van der Waals surface area contributed by atoms with Crippen molar-refractivity contribution in [2.45, 2.75) is 18.6 Å². The highest BCUT2D eigenvalue weighted by Crippen LogP contribution is 2.32. The number of alkyl halides is 3. The molecule has 0 amide bonds. The second-order valence-electron chi connectivity index (χ2n) is 4.37. The van der Waals surface area contributed by atoms with Crippen molar-refractivity contribution in [3.05, 3.63) is 35.1 Å². The van der Waals surface area contributed by atoms with Gasteiger partial charge in [0.1, 0.15) is 15.7 Å². The van der Waals surface area contributed by atoms with E-state index in [1.165, 1.54) is 0 Å². The number of hydrogen-bond donors (Lipinski definition) is 2. The van der Waals surface area contributed by atoms with E-state index in [4.69, 9.17) is 5.84 Å². The van der Waals surface area contributed by atoms with Crippen LogP contribution in [0.5, 0.6) is 0 Å². The Bertz CT molecular complexity index is 572. The number of rotatable bonds is 5. The lowest BCUT2D eigenvalue weighted by molar-refractivity contribution is -0.137. The largest absolute Gasteiger partial charge is 0.416 e. The second-order valence-corrected chi connectivity index (χ2v) is 6.63. The van der Waals surface area contributed by atoms with E-state index >= 15 is 0 Å². The van der Waals surface area contributed by atoms with Crippen molar-refractivity contribution in [2.75, 3.05) is 12.0 Å². The minimum absolute atomic E-state index is 0.131. The van der Waals surface area contributed by atoms with Crippen molar-refractivity contribution in [1.82, 2.24) is 5.43 Å². The number of hydrazine groups is 1. The number of sulfone groups is 1. The minimum Gasteiger partial charge on any atom is -0.271 e. The maximum Gasteiger partial charge on any atom is 0.416 e. The zero-order chi connectivity index (χ0) is 15.6. The predicted molar refractivity (Wildman–Crippen MR) is 65.8 cm³/mol. The molecule has 4 nitrogen and oxygen atoms in total. The third-order valence-electron chi connectivity index (χ3n) is 2.68. The molecule has 1 rings (SSSR count). The lowest BCUT2D eigenvalue weighted by Gasteiger charge is -2.18. The number of benzene rings is 1. The molecule has 0 saturated heterocycles. The zero-order valence-corrected chi connectivity index (χ0v) is 11.4. The van der Waals surface area contributed by atoms with Gasteiger partial charge < -0.3 is 0 Å². The minimum atomic E-state index is -4.61. The first-order chi connectivity index (χ1) is 9.04. The molecule has 0 saturated carbocycles. The Hall–Kier alpha value is -1.19. The van der Waals surface area contributed by atoms with Crippen LogP contribution in [0.4, 0.5) is 17.6 Å². The van der Waals surface area contributed by atoms with Gasteiger partial charge in [-0.1, -0.05) is 0 Å². The van der Waals surface area contributed by atoms with Gasteiger partial charge in [-0.3, -0.25) is 11.3 Å². The lowest BCUT2D eigenvalue weighted by atomic mass is 10.0. The summed E-state index contributed by atoms with van der Waals surface area (Å²) in [5, 5.41) is 0. The van der Waals surface area contributed by atoms with Gasteiger partial charge in [-0.25, -0.2) is 12.8 Å². The van der Waals surface area contributed by atoms with E-state index in [1.807, 2.05) is 0 Å². The van der Waals surface area contributed by atoms with Crippen molar-refractivity contribution in [1.29, 1.82) is 0 Å². The Kier molecular flexibility index (Phi) is 5.11. The first kappa shape index (κ1) is 16.9. The highest BCUT2D eigenvalue weighted by atomic mass is 32.2.